The SMILES string of the molecule is CCC1C=Nc2c(F)cccc21. The number of nitrogens with zero attached hydrogens (tertiary/aromatic N) is 1. The van der Waals surface area contributed by atoms with Gasteiger partial charge in [0.2, 0.25) is 0 Å². The highest BCUT2D eigenvalue weighted by Gasteiger charge is 2.19. The van der Waals surface area contributed by atoms with Gasteiger partial charge in [-0.1, -0.05) is 19.1 Å². The van der Waals surface area contributed by atoms with Gasteiger partial charge >= 0.3 is 0 Å². The van der Waals surface area contributed by atoms with Gasteiger partial charge in [0.15, 0.2) is 0 Å². The highest BCUT2D eigenvalue weighted by molar-refractivity contribution is 5.80. The molecule has 1 aromatic rings. The molecule has 1 aliphatic heterocycles. The molecular formula is C10H10FN. The van der Waals surface area contributed by atoms with Gasteiger partial charge in [0, 0.05) is 12.1 Å². The largest absolute Gasteiger partial charge is 0.257 e. The normalized spacial score (nSPS) is 19.7. The first-order chi connectivity index (χ1) is 5.83. The zero-order valence-corrected chi connectivity index (χ0v) is 6.92. The molecule has 1 nitrogen and oxygen atoms in total. The van der Waals surface area contributed by atoms with E-state index >= 15 is 0 Å². The fourth-order valence-electron chi connectivity index (χ4n) is 1.54. The van der Waals surface area contributed by atoms with Crippen molar-refractivity contribution in [3.05, 3.63) is 29.6 Å². The summed E-state index contributed by atoms with van der Waals surface area (Å²) in [6.07, 6.45) is 2.81. The van der Waals surface area contributed by atoms with Crippen molar-refractivity contribution in [2.75, 3.05) is 0 Å². The molecule has 1 heterocycles. The summed E-state index contributed by atoms with van der Waals surface area (Å²) in [7, 11) is 0. The molecule has 1 atom stereocenters. The summed E-state index contributed by atoms with van der Waals surface area (Å²) >= 11 is 0. The van der Waals surface area contributed by atoms with Crippen molar-refractivity contribution in [2.24, 2.45) is 4.99 Å². The van der Waals surface area contributed by atoms with Crippen LogP contribution < -0.4 is 0 Å². The first-order valence-corrected chi connectivity index (χ1v) is 4.15. The van der Waals surface area contributed by atoms with Crippen LogP contribution in [-0.2, 0) is 0 Å². The van der Waals surface area contributed by atoms with Crippen LogP contribution in [0.3, 0.4) is 0 Å². The fourth-order valence-corrected chi connectivity index (χ4v) is 1.54. The smallest absolute Gasteiger partial charge is 0.149 e. The second-order valence-corrected chi connectivity index (χ2v) is 2.97. The third-order valence-corrected chi connectivity index (χ3v) is 2.24. The molecule has 0 bridgehead atoms. The molecule has 1 unspecified atom stereocenters. The molecule has 12 heavy (non-hydrogen) atoms. The third kappa shape index (κ3) is 0.951. The lowest BCUT2D eigenvalue weighted by atomic mass is 9.99. The van der Waals surface area contributed by atoms with Crippen molar-refractivity contribution < 1.29 is 4.39 Å². The van der Waals surface area contributed by atoms with Crippen LogP contribution >= 0.6 is 0 Å². The van der Waals surface area contributed by atoms with Crippen LogP contribution in [0.1, 0.15) is 24.8 Å². The van der Waals surface area contributed by atoms with Crippen molar-refractivity contribution in [2.45, 2.75) is 19.3 Å². The van der Waals surface area contributed by atoms with E-state index < -0.39 is 0 Å². The quantitative estimate of drug-likeness (QED) is 0.603. The predicted octanol–water partition coefficient (Wildman–Crippen LogP) is 3.04. The highest BCUT2D eigenvalue weighted by Crippen LogP contribution is 2.35. The highest BCUT2D eigenvalue weighted by atomic mass is 19.1. The van der Waals surface area contributed by atoms with E-state index in [1.165, 1.54) is 6.07 Å². The molecule has 0 spiro atoms. The molecule has 0 amide bonds. The Bertz CT molecular complexity index is 331. The Balaban J connectivity index is 2.52. The zero-order chi connectivity index (χ0) is 8.55. The molecule has 0 saturated heterocycles. The summed E-state index contributed by atoms with van der Waals surface area (Å²) in [6.45, 7) is 2.08. The van der Waals surface area contributed by atoms with Crippen molar-refractivity contribution in [1.82, 2.24) is 0 Å². The van der Waals surface area contributed by atoms with E-state index in [0.717, 1.165) is 12.0 Å². The molecule has 0 radical (unpaired) electrons. The predicted molar refractivity (Wildman–Crippen MR) is 47.6 cm³/mol. The number of benzene rings is 1. The Morgan fingerprint density at radius 2 is 2.33 bits per heavy atom. The zero-order valence-electron chi connectivity index (χ0n) is 6.92. The van der Waals surface area contributed by atoms with Crippen molar-refractivity contribution in [3.8, 4) is 0 Å². The molecule has 2 heteroatoms. The molecule has 0 aliphatic carbocycles. The maximum absolute atomic E-state index is 13.1. The van der Waals surface area contributed by atoms with Gasteiger partial charge in [0.1, 0.15) is 11.5 Å². The van der Waals surface area contributed by atoms with Gasteiger partial charge in [-0.05, 0) is 18.1 Å². The van der Waals surface area contributed by atoms with Crippen molar-refractivity contribution >= 4 is 11.9 Å². The molecule has 0 aromatic heterocycles. The van der Waals surface area contributed by atoms with E-state index in [9.17, 15) is 4.39 Å². The number of para-hydroxylation sites is 1. The summed E-state index contributed by atoms with van der Waals surface area (Å²) in [6, 6.07) is 5.14. The Labute approximate surface area is 70.9 Å². The van der Waals surface area contributed by atoms with Gasteiger partial charge in [-0.15, -0.1) is 0 Å². The Kier molecular flexibility index (Phi) is 1.68. The monoisotopic (exact) mass is 163 g/mol. The lowest BCUT2D eigenvalue weighted by Gasteiger charge is -2.04. The molecule has 0 fully saturated rings. The van der Waals surface area contributed by atoms with Crippen LogP contribution in [0.2, 0.25) is 0 Å². The summed E-state index contributed by atoms with van der Waals surface area (Å²) in [4.78, 5) is 4.05. The molecule has 0 saturated carbocycles. The summed E-state index contributed by atoms with van der Waals surface area (Å²) in [5.74, 6) is 0.107. The minimum Gasteiger partial charge on any atom is -0.257 e. The molecule has 1 aromatic carbocycles. The van der Waals surface area contributed by atoms with E-state index in [1.54, 1.807) is 6.07 Å². The molecule has 2 rings (SSSR count). The van der Waals surface area contributed by atoms with E-state index in [-0.39, 0.29) is 5.82 Å². The van der Waals surface area contributed by atoms with E-state index in [2.05, 4.69) is 11.9 Å². The van der Waals surface area contributed by atoms with E-state index in [0.29, 0.717) is 11.6 Å². The van der Waals surface area contributed by atoms with Crippen LogP contribution in [0.15, 0.2) is 23.2 Å². The maximum Gasteiger partial charge on any atom is 0.149 e. The Morgan fingerprint density at radius 3 is 3.08 bits per heavy atom. The van der Waals surface area contributed by atoms with E-state index in [1.807, 2.05) is 12.3 Å². The number of rotatable bonds is 1. The van der Waals surface area contributed by atoms with Gasteiger partial charge in [-0.3, -0.25) is 4.99 Å². The maximum atomic E-state index is 13.1. The lowest BCUT2D eigenvalue weighted by Crippen LogP contribution is -1.92. The van der Waals surface area contributed by atoms with Crippen LogP contribution in [0, 0.1) is 5.82 Å². The second kappa shape index (κ2) is 2.70. The van der Waals surface area contributed by atoms with Crippen molar-refractivity contribution in [1.29, 1.82) is 0 Å². The molecule has 1 aliphatic rings. The van der Waals surface area contributed by atoms with Crippen molar-refractivity contribution in [3.63, 3.8) is 0 Å². The Morgan fingerprint density at radius 1 is 1.50 bits per heavy atom. The summed E-state index contributed by atoms with van der Waals surface area (Å²) in [5, 5.41) is 0. The first-order valence-electron chi connectivity index (χ1n) is 4.15. The lowest BCUT2D eigenvalue weighted by molar-refractivity contribution is 0.628. The summed E-state index contributed by atoms with van der Waals surface area (Å²) in [5.41, 5.74) is 1.56. The van der Waals surface area contributed by atoms with E-state index in [4.69, 9.17) is 0 Å². The standard InChI is InChI=1S/C10H10FN/c1-2-7-6-12-10-8(7)4-3-5-9(10)11/h3-7H,2H2,1H3. The van der Waals surface area contributed by atoms with Gasteiger partial charge in [-0.25, -0.2) is 4.39 Å². The fraction of sp³-hybridized carbons (Fsp3) is 0.300. The van der Waals surface area contributed by atoms with Crippen LogP contribution in [0.4, 0.5) is 10.1 Å². The average Bonchev–Trinajstić information content (AvgIpc) is 2.49. The number of hydrogen-bond donors (Lipinski definition) is 0. The van der Waals surface area contributed by atoms with Crippen LogP contribution in [0.5, 0.6) is 0 Å². The molecule has 0 N–H and O–H groups in total. The average molecular weight is 163 g/mol. The second-order valence-electron chi connectivity index (χ2n) is 2.97. The third-order valence-electron chi connectivity index (χ3n) is 2.24. The minimum atomic E-state index is -0.209. The minimum absolute atomic E-state index is 0.209. The number of hydrogen-bond acceptors (Lipinski definition) is 1. The molecule has 62 valence electrons. The van der Waals surface area contributed by atoms with Crippen LogP contribution in [0.25, 0.3) is 0 Å². The Hall–Kier alpha value is -1.18. The summed E-state index contributed by atoms with van der Waals surface area (Å²) < 4.78 is 13.1. The molecular weight excluding hydrogens is 153 g/mol. The van der Waals surface area contributed by atoms with Gasteiger partial charge < -0.3 is 0 Å². The number of halogens is 1. The first kappa shape index (κ1) is 7.47. The number of aliphatic imine (C=N–C) groups is 1. The van der Waals surface area contributed by atoms with Gasteiger partial charge in [-0.2, -0.15) is 0 Å². The van der Waals surface area contributed by atoms with Gasteiger partial charge in [0.05, 0.1) is 0 Å². The van der Waals surface area contributed by atoms with Crippen LogP contribution in [-0.4, -0.2) is 6.21 Å². The van der Waals surface area contributed by atoms with Gasteiger partial charge in [0.25, 0.3) is 0 Å². The topological polar surface area (TPSA) is 12.4 Å². The number of fused-ring (bicyclic) bond motifs is 1.